The first-order valence-corrected chi connectivity index (χ1v) is 8.18. The van der Waals surface area contributed by atoms with Crippen LogP contribution in [0.4, 0.5) is 15.8 Å². The summed E-state index contributed by atoms with van der Waals surface area (Å²) < 4.78 is 14.1. The normalized spacial score (nSPS) is 10.7. The van der Waals surface area contributed by atoms with Crippen LogP contribution in [0.5, 0.6) is 0 Å². The molecular weight excluding hydrogens is 283 g/mol. The fraction of sp³-hybridized carbons (Fsp3) is 0.294. The number of anilines is 2. The summed E-state index contributed by atoms with van der Waals surface area (Å²) in [6.07, 6.45) is 0. The van der Waals surface area contributed by atoms with Crippen molar-refractivity contribution in [3.05, 3.63) is 53.8 Å². The number of hydrogen-bond acceptors (Lipinski definition) is 3. The average molecular weight is 304 g/mol. The number of thioether (sulfide) groups is 1. The lowest BCUT2D eigenvalue weighted by atomic mass is 10.1. The van der Waals surface area contributed by atoms with Crippen molar-refractivity contribution in [1.82, 2.24) is 0 Å². The van der Waals surface area contributed by atoms with Crippen molar-refractivity contribution in [2.75, 3.05) is 17.2 Å². The monoisotopic (exact) mass is 304 g/mol. The van der Waals surface area contributed by atoms with Gasteiger partial charge in [-0.1, -0.05) is 25.1 Å². The van der Waals surface area contributed by atoms with Crippen molar-refractivity contribution in [2.24, 2.45) is 5.73 Å². The highest BCUT2D eigenvalue weighted by molar-refractivity contribution is 7.99. The Kier molecular flexibility index (Phi) is 5.65. The predicted octanol–water partition coefficient (Wildman–Crippen LogP) is 4.55. The van der Waals surface area contributed by atoms with Crippen LogP contribution < -0.4 is 10.6 Å². The maximum absolute atomic E-state index is 14.1. The van der Waals surface area contributed by atoms with E-state index >= 15 is 0 Å². The summed E-state index contributed by atoms with van der Waals surface area (Å²) in [5.41, 5.74) is 8.62. The first-order chi connectivity index (χ1) is 10.2. The zero-order valence-corrected chi connectivity index (χ0v) is 13.3. The lowest BCUT2D eigenvalue weighted by Gasteiger charge is -2.27. The number of benzene rings is 2. The lowest BCUT2D eigenvalue weighted by Crippen LogP contribution is -2.20. The molecule has 0 spiro atoms. The molecule has 21 heavy (non-hydrogen) atoms. The molecule has 0 aromatic heterocycles. The Hall–Kier alpha value is -1.52. The van der Waals surface area contributed by atoms with Crippen molar-refractivity contribution >= 4 is 23.1 Å². The van der Waals surface area contributed by atoms with E-state index in [1.807, 2.05) is 30.0 Å². The second-order valence-electron chi connectivity index (χ2n) is 4.59. The van der Waals surface area contributed by atoms with Crippen LogP contribution in [-0.4, -0.2) is 12.3 Å². The molecule has 112 valence electrons. The SMILES string of the molecule is CCSc1cccc(N(CC)c2ccccc2F)c1CN. The standard InChI is InChI=1S/C17H21FN2S/c1-3-20(16-9-6-5-8-14(16)18)15-10-7-11-17(21-4-2)13(15)12-19/h5-11H,3-4,12,19H2,1-2H3. The van der Waals surface area contributed by atoms with Crippen molar-refractivity contribution in [3.63, 3.8) is 0 Å². The van der Waals surface area contributed by atoms with Crippen LogP contribution in [0.25, 0.3) is 0 Å². The van der Waals surface area contributed by atoms with Gasteiger partial charge in [-0.2, -0.15) is 0 Å². The Morgan fingerprint density at radius 2 is 1.76 bits per heavy atom. The van der Waals surface area contributed by atoms with Crippen LogP contribution >= 0.6 is 11.8 Å². The van der Waals surface area contributed by atoms with Gasteiger partial charge >= 0.3 is 0 Å². The number of rotatable bonds is 6. The molecule has 2 rings (SSSR count). The Balaban J connectivity index is 2.52. The van der Waals surface area contributed by atoms with Crippen LogP contribution in [-0.2, 0) is 6.54 Å². The molecule has 0 amide bonds. The highest BCUT2D eigenvalue weighted by Crippen LogP contribution is 2.35. The fourth-order valence-corrected chi connectivity index (χ4v) is 3.29. The van der Waals surface area contributed by atoms with Gasteiger partial charge in [0.15, 0.2) is 0 Å². The molecule has 0 bridgehead atoms. The highest BCUT2D eigenvalue weighted by Gasteiger charge is 2.16. The summed E-state index contributed by atoms with van der Waals surface area (Å²) in [7, 11) is 0. The summed E-state index contributed by atoms with van der Waals surface area (Å²) in [4.78, 5) is 3.16. The zero-order chi connectivity index (χ0) is 15.2. The van der Waals surface area contributed by atoms with Crippen molar-refractivity contribution in [2.45, 2.75) is 25.3 Å². The number of hydrogen-bond donors (Lipinski definition) is 1. The molecule has 2 aromatic rings. The Labute approximate surface area is 130 Å². The van der Waals surface area contributed by atoms with E-state index in [9.17, 15) is 4.39 Å². The average Bonchev–Trinajstić information content (AvgIpc) is 2.50. The second kappa shape index (κ2) is 7.48. The number of halogens is 1. The summed E-state index contributed by atoms with van der Waals surface area (Å²) in [5.74, 6) is 0.776. The highest BCUT2D eigenvalue weighted by atomic mass is 32.2. The van der Waals surface area contributed by atoms with Gasteiger partial charge in [-0.3, -0.25) is 0 Å². The first-order valence-electron chi connectivity index (χ1n) is 7.19. The molecule has 0 aliphatic carbocycles. The van der Waals surface area contributed by atoms with Gasteiger partial charge in [-0.05, 0) is 36.9 Å². The lowest BCUT2D eigenvalue weighted by molar-refractivity contribution is 0.625. The quantitative estimate of drug-likeness (QED) is 0.794. The van der Waals surface area contributed by atoms with E-state index in [4.69, 9.17) is 5.73 Å². The first kappa shape index (κ1) is 15.9. The fourth-order valence-electron chi connectivity index (χ4n) is 2.44. The van der Waals surface area contributed by atoms with E-state index in [0.29, 0.717) is 18.8 Å². The molecule has 0 radical (unpaired) electrons. The van der Waals surface area contributed by atoms with E-state index in [1.165, 1.54) is 11.0 Å². The Bertz CT molecular complexity index is 601. The molecule has 2 nitrogen and oxygen atoms in total. The molecule has 0 heterocycles. The molecule has 0 fully saturated rings. The summed E-state index contributed by atoms with van der Waals surface area (Å²) in [5, 5.41) is 0. The predicted molar refractivity (Wildman–Crippen MR) is 89.8 cm³/mol. The van der Waals surface area contributed by atoms with E-state index < -0.39 is 0 Å². The maximum Gasteiger partial charge on any atom is 0.146 e. The van der Waals surface area contributed by atoms with E-state index in [2.05, 4.69) is 13.0 Å². The van der Waals surface area contributed by atoms with E-state index in [-0.39, 0.29) is 5.82 Å². The smallest absolute Gasteiger partial charge is 0.146 e. The molecule has 0 saturated heterocycles. The molecule has 2 N–H and O–H groups in total. The van der Waals surface area contributed by atoms with Gasteiger partial charge in [-0.25, -0.2) is 4.39 Å². The third-order valence-electron chi connectivity index (χ3n) is 3.36. The topological polar surface area (TPSA) is 29.3 Å². The van der Waals surface area contributed by atoms with Crippen LogP contribution in [0.2, 0.25) is 0 Å². The summed E-state index contributed by atoms with van der Waals surface area (Å²) >= 11 is 1.77. The van der Waals surface area contributed by atoms with Gasteiger partial charge in [0, 0.05) is 29.2 Å². The minimum absolute atomic E-state index is 0.212. The molecule has 0 atom stereocenters. The summed E-state index contributed by atoms with van der Waals surface area (Å²) in [6, 6.07) is 13.0. The largest absolute Gasteiger partial charge is 0.339 e. The van der Waals surface area contributed by atoms with Crippen LogP contribution in [0, 0.1) is 5.82 Å². The Morgan fingerprint density at radius 3 is 2.38 bits per heavy atom. The minimum Gasteiger partial charge on any atom is -0.339 e. The number of nitrogens with two attached hydrogens (primary N) is 1. The van der Waals surface area contributed by atoms with Crippen LogP contribution in [0.15, 0.2) is 47.4 Å². The van der Waals surface area contributed by atoms with Gasteiger partial charge < -0.3 is 10.6 Å². The third kappa shape index (κ3) is 3.39. The van der Waals surface area contributed by atoms with Gasteiger partial charge in [0.25, 0.3) is 0 Å². The van der Waals surface area contributed by atoms with Crippen molar-refractivity contribution < 1.29 is 4.39 Å². The van der Waals surface area contributed by atoms with Crippen LogP contribution in [0.3, 0.4) is 0 Å². The van der Waals surface area contributed by atoms with Gasteiger partial charge in [0.05, 0.1) is 5.69 Å². The van der Waals surface area contributed by atoms with Gasteiger partial charge in [0.2, 0.25) is 0 Å². The summed E-state index contributed by atoms with van der Waals surface area (Å²) in [6.45, 7) is 5.27. The van der Waals surface area contributed by atoms with E-state index in [0.717, 1.165) is 17.0 Å². The molecular formula is C17H21FN2S. The second-order valence-corrected chi connectivity index (χ2v) is 5.89. The maximum atomic E-state index is 14.1. The Morgan fingerprint density at radius 1 is 1.05 bits per heavy atom. The number of para-hydroxylation sites is 1. The molecule has 0 unspecified atom stereocenters. The molecule has 0 aliphatic rings. The van der Waals surface area contributed by atoms with Crippen LogP contribution in [0.1, 0.15) is 19.4 Å². The van der Waals surface area contributed by atoms with Gasteiger partial charge in [-0.15, -0.1) is 11.8 Å². The third-order valence-corrected chi connectivity index (χ3v) is 4.34. The molecule has 0 saturated carbocycles. The minimum atomic E-state index is -0.212. The van der Waals surface area contributed by atoms with Gasteiger partial charge in [0.1, 0.15) is 5.82 Å². The zero-order valence-electron chi connectivity index (χ0n) is 12.5. The number of nitrogens with zero attached hydrogens (tertiary/aromatic N) is 1. The van der Waals surface area contributed by atoms with Crippen molar-refractivity contribution in [3.8, 4) is 0 Å². The van der Waals surface area contributed by atoms with E-state index in [1.54, 1.807) is 23.9 Å². The molecule has 2 aromatic carbocycles. The van der Waals surface area contributed by atoms with Crippen molar-refractivity contribution in [1.29, 1.82) is 0 Å². The molecule has 0 aliphatic heterocycles. The molecule has 4 heteroatoms.